The zero-order chi connectivity index (χ0) is 17.2. The van der Waals surface area contributed by atoms with Crippen LogP contribution in [0.15, 0.2) is 12.5 Å². The fraction of sp³-hybridized carbons (Fsp3) is 0.722. The molecule has 0 spiro atoms. The molecule has 132 valence electrons. The number of amides is 1. The van der Waals surface area contributed by atoms with E-state index in [2.05, 4.69) is 16.9 Å². The normalized spacial score (nSPS) is 29.5. The first-order valence-electron chi connectivity index (χ1n) is 8.83. The van der Waals surface area contributed by atoms with Crippen LogP contribution < -0.4 is 0 Å². The van der Waals surface area contributed by atoms with Crippen molar-refractivity contribution in [3.8, 4) is 0 Å². The Morgan fingerprint density at radius 2 is 2.25 bits per heavy atom. The maximum Gasteiger partial charge on any atom is 0.257 e. The van der Waals surface area contributed by atoms with Crippen LogP contribution in [0.5, 0.6) is 0 Å². The summed E-state index contributed by atoms with van der Waals surface area (Å²) in [5, 5.41) is 0. The number of rotatable bonds is 5. The number of fused-ring (bicyclic) bond motifs is 1. The molecule has 1 aromatic rings. The number of nitrogens with zero attached hydrogens (tertiary/aromatic N) is 3. The molecule has 2 fully saturated rings. The number of carbonyl (C=O) groups excluding carboxylic acids is 1. The molecule has 0 unspecified atom stereocenters. The van der Waals surface area contributed by atoms with E-state index in [1.165, 1.54) is 6.33 Å². The third-order valence-corrected chi connectivity index (χ3v) is 5.65. The average Bonchev–Trinajstić information content (AvgIpc) is 3.01. The minimum atomic E-state index is -0.231. The topological polar surface area (TPSA) is 64.6 Å². The number of hydrogen-bond acceptors (Lipinski definition) is 5. The molecule has 24 heavy (non-hydrogen) atoms. The van der Waals surface area contributed by atoms with Crippen LogP contribution in [0.3, 0.4) is 0 Å². The molecule has 2 aliphatic rings. The number of likely N-dealkylation sites (tertiary alicyclic amines) is 1. The van der Waals surface area contributed by atoms with E-state index in [1.54, 1.807) is 20.4 Å². The second-order valence-corrected chi connectivity index (χ2v) is 6.80. The molecule has 3 rings (SSSR count). The van der Waals surface area contributed by atoms with Gasteiger partial charge in [0.05, 0.1) is 29.0 Å². The Labute approximate surface area is 143 Å². The second-order valence-electron chi connectivity index (χ2n) is 6.80. The van der Waals surface area contributed by atoms with Gasteiger partial charge in [-0.25, -0.2) is 9.97 Å². The fourth-order valence-electron chi connectivity index (χ4n) is 4.24. The molecule has 2 heterocycles. The van der Waals surface area contributed by atoms with Gasteiger partial charge >= 0.3 is 0 Å². The maximum atomic E-state index is 13.2. The van der Waals surface area contributed by atoms with Gasteiger partial charge in [0.2, 0.25) is 0 Å². The van der Waals surface area contributed by atoms with Gasteiger partial charge in [0.15, 0.2) is 0 Å². The fourth-order valence-corrected chi connectivity index (χ4v) is 4.24. The molecular formula is C18H27N3O3. The van der Waals surface area contributed by atoms with E-state index in [0.29, 0.717) is 12.1 Å². The van der Waals surface area contributed by atoms with Crippen molar-refractivity contribution in [2.75, 3.05) is 20.8 Å². The van der Waals surface area contributed by atoms with Gasteiger partial charge in [-0.1, -0.05) is 13.3 Å². The molecule has 6 heteroatoms. The lowest BCUT2D eigenvalue weighted by Gasteiger charge is -2.43. The number of methoxy groups -OCH3 is 2. The van der Waals surface area contributed by atoms with Crippen LogP contribution in [0.2, 0.25) is 0 Å². The highest BCUT2D eigenvalue weighted by molar-refractivity contribution is 5.95. The third-order valence-electron chi connectivity index (χ3n) is 5.65. The molecule has 1 saturated carbocycles. The Kier molecular flexibility index (Phi) is 5.15. The van der Waals surface area contributed by atoms with Gasteiger partial charge < -0.3 is 14.4 Å². The first-order valence-corrected chi connectivity index (χ1v) is 8.83. The summed E-state index contributed by atoms with van der Waals surface area (Å²) in [5.41, 5.74) is 1.24. The van der Waals surface area contributed by atoms with Crippen LogP contribution in [0, 0.1) is 0 Å². The summed E-state index contributed by atoms with van der Waals surface area (Å²) in [5.74, 6) is 0.0275. The van der Waals surface area contributed by atoms with Crippen molar-refractivity contribution in [1.82, 2.24) is 14.9 Å². The van der Waals surface area contributed by atoms with Gasteiger partial charge in [-0.3, -0.25) is 4.79 Å². The Hall–Kier alpha value is -1.53. The molecule has 1 aromatic heterocycles. The first kappa shape index (κ1) is 17.3. The SMILES string of the molecule is CCCc1ncncc1C(=O)N1CC[C@]2(OC)CC[C@@H](OC)C[C@H]12. The molecule has 1 aliphatic carbocycles. The van der Waals surface area contributed by atoms with E-state index in [0.717, 1.165) is 44.2 Å². The van der Waals surface area contributed by atoms with Crippen molar-refractivity contribution in [2.45, 2.75) is 63.2 Å². The average molecular weight is 333 g/mol. The van der Waals surface area contributed by atoms with E-state index in [9.17, 15) is 4.79 Å². The van der Waals surface area contributed by atoms with Crippen molar-refractivity contribution < 1.29 is 14.3 Å². The number of aryl methyl sites for hydroxylation is 1. The molecule has 1 aliphatic heterocycles. The first-order chi connectivity index (χ1) is 11.6. The number of carbonyl (C=O) groups is 1. The number of hydrogen-bond donors (Lipinski definition) is 0. The maximum absolute atomic E-state index is 13.2. The lowest BCUT2D eigenvalue weighted by molar-refractivity contribution is -0.0893. The van der Waals surface area contributed by atoms with Gasteiger partial charge in [-0.2, -0.15) is 0 Å². The van der Waals surface area contributed by atoms with Gasteiger partial charge in [0.25, 0.3) is 5.91 Å². The zero-order valence-corrected chi connectivity index (χ0v) is 14.8. The monoisotopic (exact) mass is 333 g/mol. The van der Waals surface area contributed by atoms with Crippen LogP contribution in [-0.4, -0.2) is 59.3 Å². The van der Waals surface area contributed by atoms with Crippen molar-refractivity contribution in [3.63, 3.8) is 0 Å². The standard InChI is InChI=1S/C18H27N3O3/c1-4-5-15-14(11-19-12-20-15)17(22)21-9-8-18(24-3)7-6-13(23-2)10-16(18)21/h11-13,16H,4-10H2,1-3H3/t13-,16+,18-/m1/s1. The molecule has 6 nitrogen and oxygen atoms in total. The van der Waals surface area contributed by atoms with Crippen LogP contribution in [-0.2, 0) is 15.9 Å². The van der Waals surface area contributed by atoms with E-state index in [4.69, 9.17) is 9.47 Å². The Balaban J connectivity index is 1.87. The van der Waals surface area contributed by atoms with Crippen LogP contribution in [0.4, 0.5) is 0 Å². The van der Waals surface area contributed by atoms with Crippen LogP contribution in [0.1, 0.15) is 55.1 Å². The minimum Gasteiger partial charge on any atom is -0.381 e. The highest BCUT2D eigenvalue weighted by Gasteiger charge is 2.52. The van der Waals surface area contributed by atoms with Crippen LogP contribution >= 0.6 is 0 Å². The molecule has 0 bridgehead atoms. The number of aromatic nitrogens is 2. The lowest BCUT2D eigenvalue weighted by Crippen LogP contribution is -2.53. The van der Waals surface area contributed by atoms with E-state index in [1.807, 2.05) is 4.90 Å². The minimum absolute atomic E-state index is 0.0275. The van der Waals surface area contributed by atoms with Crippen molar-refractivity contribution in [2.24, 2.45) is 0 Å². The zero-order valence-electron chi connectivity index (χ0n) is 14.8. The van der Waals surface area contributed by atoms with Crippen molar-refractivity contribution in [3.05, 3.63) is 23.8 Å². The molecule has 3 atom stereocenters. The number of ether oxygens (including phenoxy) is 2. The van der Waals surface area contributed by atoms with Crippen molar-refractivity contribution >= 4 is 5.91 Å². The van der Waals surface area contributed by atoms with E-state index in [-0.39, 0.29) is 23.7 Å². The Bertz CT molecular complexity index is 595. The highest BCUT2D eigenvalue weighted by Crippen LogP contribution is 2.43. The lowest BCUT2D eigenvalue weighted by atomic mass is 9.79. The molecule has 0 radical (unpaired) electrons. The molecule has 1 amide bonds. The predicted octanol–water partition coefficient (Wildman–Crippen LogP) is 2.23. The largest absolute Gasteiger partial charge is 0.381 e. The quantitative estimate of drug-likeness (QED) is 0.827. The van der Waals surface area contributed by atoms with Crippen molar-refractivity contribution in [1.29, 1.82) is 0 Å². The Morgan fingerprint density at radius 1 is 1.42 bits per heavy atom. The highest BCUT2D eigenvalue weighted by atomic mass is 16.5. The summed E-state index contributed by atoms with van der Waals surface area (Å²) >= 11 is 0. The van der Waals surface area contributed by atoms with Gasteiger partial charge in [-0.15, -0.1) is 0 Å². The van der Waals surface area contributed by atoms with E-state index < -0.39 is 0 Å². The van der Waals surface area contributed by atoms with Gasteiger partial charge in [0.1, 0.15) is 6.33 Å². The van der Waals surface area contributed by atoms with E-state index >= 15 is 0 Å². The molecule has 0 N–H and O–H groups in total. The third kappa shape index (κ3) is 2.93. The molecular weight excluding hydrogens is 306 g/mol. The summed E-state index contributed by atoms with van der Waals surface area (Å²) in [6.07, 6.45) is 8.74. The summed E-state index contributed by atoms with van der Waals surface area (Å²) < 4.78 is 11.5. The summed E-state index contributed by atoms with van der Waals surface area (Å²) in [6.45, 7) is 2.81. The second kappa shape index (κ2) is 7.15. The van der Waals surface area contributed by atoms with Crippen LogP contribution in [0.25, 0.3) is 0 Å². The molecule has 1 saturated heterocycles. The summed E-state index contributed by atoms with van der Waals surface area (Å²) in [6, 6.07) is 0.0587. The van der Waals surface area contributed by atoms with Gasteiger partial charge in [-0.05, 0) is 32.1 Å². The molecule has 0 aromatic carbocycles. The summed E-state index contributed by atoms with van der Waals surface area (Å²) in [7, 11) is 3.51. The van der Waals surface area contributed by atoms with Gasteiger partial charge in [0, 0.05) is 27.0 Å². The summed E-state index contributed by atoms with van der Waals surface area (Å²) in [4.78, 5) is 23.6. The Morgan fingerprint density at radius 3 is 2.96 bits per heavy atom. The predicted molar refractivity (Wildman–Crippen MR) is 89.9 cm³/mol. The smallest absolute Gasteiger partial charge is 0.257 e.